The maximum Gasteiger partial charge on any atom is 0.273 e. The fourth-order valence-corrected chi connectivity index (χ4v) is 2.81. The number of rotatable bonds is 8. The highest BCUT2D eigenvalue weighted by Crippen LogP contribution is 2.22. The van der Waals surface area contributed by atoms with Crippen molar-refractivity contribution in [3.63, 3.8) is 0 Å². The van der Waals surface area contributed by atoms with E-state index < -0.39 is 29.4 Å². The molecule has 0 saturated carbocycles. The minimum atomic E-state index is -0.725. The van der Waals surface area contributed by atoms with E-state index in [1.807, 2.05) is 0 Å². The molecule has 2 aromatic carbocycles. The lowest BCUT2D eigenvalue weighted by atomic mass is 10.0. The number of halogens is 2. The highest BCUT2D eigenvalue weighted by atomic mass is 19.1. The SMILES string of the molecule is Cc1cc(C(=O)NCC(=O)NCCNC(=O)c2cc(-c3cccc(F)c3)ccc2F)no1. The average Bonchev–Trinajstić information content (AvgIpc) is 3.21. The average molecular weight is 442 g/mol. The van der Waals surface area contributed by atoms with Gasteiger partial charge < -0.3 is 20.5 Å². The van der Waals surface area contributed by atoms with Crippen LogP contribution in [0.5, 0.6) is 0 Å². The minimum absolute atomic E-state index is 0.0324. The lowest BCUT2D eigenvalue weighted by Gasteiger charge is -2.10. The number of amides is 3. The molecule has 0 saturated heterocycles. The van der Waals surface area contributed by atoms with Gasteiger partial charge in [0.1, 0.15) is 17.4 Å². The van der Waals surface area contributed by atoms with Crippen molar-refractivity contribution < 1.29 is 27.7 Å². The third-order valence-electron chi connectivity index (χ3n) is 4.37. The van der Waals surface area contributed by atoms with Crippen LogP contribution in [-0.4, -0.2) is 42.5 Å². The zero-order valence-electron chi connectivity index (χ0n) is 17.1. The van der Waals surface area contributed by atoms with Gasteiger partial charge in [0, 0.05) is 19.2 Å². The Balaban J connectivity index is 1.46. The largest absolute Gasteiger partial charge is 0.361 e. The molecule has 10 heteroatoms. The lowest BCUT2D eigenvalue weighted by molar-refractivity contribution is -0.120. The Morgan fingerprint density at radius 1 is 0.906 bits per heavy atom. The normalized spacial score (nSPS) is 10.5. The monoisotopic (exact) mass is 442 g/mol. The van der Waals surface area contributed by atoms with Crippen molar-refractivity contribution in [2.45, 2.75) is 6.92 Å². The molecule has 3 amide bonds. The van der Waals surface area contributed by atoms with Gasteiger partial charge in [-0.3, -0.25) is 14.4 Å². The first-order valence-corrected chi connectivity index (χ1v) is 9.65. The maximum absolute atomic E-state index is 14.1. The molecule has 0 atom stereocenters. The van der Waals surface area contributed by atoms with E-state index in [-0.39, 0.29) is 30.9 Å². The molecule has 0 spiro atoms. The topological polar surface area (TPSA) is 113 Å². The van der Waals surface area contributed by atoms with Crippen LogP contribution in [0.4, 0.5) is 8.78 Å². The number of hydrogen-bond donors (Lipinski definition) is 3. The fourth-order valence-electron chi connectivity index (χ4n) is 2.81. The zero-order valence-corrected chi connectivity index (χ0v) is 17.1. The van der Waals surface area contributed by atoms with E-state index in [4.69, 9.17) is 4.52 Å². The number of carbonyl (C=O) groups excluding carboxylic acids is 3. The number of aryl methyl sites for hydroxylation is 1. The van der Waals surface area contributed by atoms with Crippen molar-refractivity contribution in [3.05, 3.63) is 77.2 Å². The van der Waals surface area contributed by atoms with Gasteiger partial charge in [0.15, 0.2) is 5.69 Å². The first-order valence-electron chi connectivity index (χ1n) is 9.65. The summed E-state index contributed by atoms with van der Waals surface area (Å²) in [6.07, 6.45) is 0. The predicted octanol–water partition coefficient (Wildman–Crippen LogP) is 2.20. The zero-order chi connectivity index (χ0) is 23.1. The molecule has 3 N–H and O–H groups in total. The lowest BCUT2D eigenvalue weighted by Crippen LogP contribution is -2.40. The molecule has 0 bridgehead atoms. The third kappa shape index (κ3) is 5.97. The van der Waals surface area contributed by atoms with Gasteiger partial charge in [-0.15, -0.1) is 0 Å². The Morgan fingerprint density at radius 2 is 1.66 bits per heavy atom. The highest BCUT2D eigenvalue weighted by molar-refractivity contribution is 5.96. The number of carbonyl (C=O) groups is 3. The smallest absolute Gasteiger partial charge is 0.273 e. The summed E-state index contributed by atoms with van der Waals surface area (Å²) in [6, 6.07) is 11.1. The molecule has 0 fully saturated rings. The van der Waals surface area contributed by atoms with Gasteiger partial charge in [-0.2, -0.15) is 0 Å². The van der Waals surface area contributed by atoms with Crippen LogP contribution in [0.15, 0.2) is 53.1 Å². The molecule has 32 heavy (non-hydrogen) atoms. The number of aromatic nitrogens is 1. The van der Waals surface area contributed by atoms with Gasteiger partial charge in [0.25, 0.3) is 11.8 Å². The third-order valence-corrected chi connectivity index (χ3v) is 4.37. The molecule has 1 aromatic heterocycles. The molecule has 0 aliphatic carbocycles. The molecule has 0 aliphatic heterocycles. The number of benzene rings is 2. The highest BCUT2D eigenvalue weighted by Gasteiger charge is 2.14. The van der Waals surface area contributed by atoms with Crippen LogP contribution in [0.3, 0.4) is 0 Å². The van der Waals surface area contributed by atoms with Crippen molar-refractivity contribution in [3.8, 4) is 11.1 Å². The summed E-state index contributed by atoms with van der Waals surface area (Å²) in [5.41, 5.74) is 0.856. The molecule has 1 heterocycles. The van der Waals surface area contributed by atoms with Crippen LogP contribution >= 0.6 is 0 Å². The number of nitrogens with one attached hydrogen (secondary N) is 3. The molecule has 3 aromatic rings. The van der Waals surface area contributed by atoms with Gasteiger partial charge in [-0.1, -0.05) is 23.4 Å². The molecule has 3 rings (SSSR count). The second-order valence-electron chi connectivity index (χ2n) is 6.82. The van der Waals surface area contributed by atoms with Gasteiger partial charge >= 0.3 is 0 Å². The maximum atomic E-state index is 14.1. The van der Waals surface area contributed by atoms with Gasteiger partial charge in [0.2, 0.25) is 5.91 Å². The standard InChI is InChI=1S/C22H20F2N4O4/c1-13-9-19(28-32-13)22(31)27-12-20(29)25-7-8-26-21(30)17-11-15(5-6-18(17)24)14-3-2-4-16(23)10-14/h2-6,9-11H,7-8,12H2,1H3,(H,25,29)(H,26,30)(H,27,31). The molecular weight excluding hydrogens is 422 g/mol. The van der Waals surface area contributed by atoms with E-state index >= 15 is 0 Å². The second-order valence-corrected chi connectivity index (χ2v) is 6.82. The van der Waals surface area contributed by atoms with Crippen LogP contribution < -0.4 is 16.0 Å². The van der Waals surface area contributed by atoms with Crippen LogP contribution in [-0.2, 0) is 4.79 Å². The van der Waals surface area contributed by atoms with E-state index in [9.17, 15) is 23.2 Å². The minimum Gasteiger partial charge on any atom is -0.361 e. The molecular formula is C22H20F2N4O4. The first kappa shape index (κ1) is 22.6. The van der Waals surface area contributed by atoms with Crippen LogP contribution in [0.2, 0.25) is 0 Å². The van der Waals surface area contributed by atoms with Crippen LogP contribution in [0, 0.1) is 18.6 Å². The van der Waals surface area contributed by atoms with Crippen molar-refractivity contribution >= 4 is 17.7 Å². The Labute approximate surface area is 182 Å². The van der Waals surface area contributed by atoms with Crippen molar-refractivity contribution in [2.75, 3.05) is 19.6 Å². The molecule has 0 radical (unpaired) electrons. The summed E-state index contributed by atoms with van der Waals surface area (Å²) in [6.45, 7) is 1.44. The van der Waals surface area contributed by atoms with E-state index in [2.05, 4.69) is 21.1 Å². The van der Waals surface area contributed by atoms with E-state index in [1.165, 1.54) is 36.4 Å². The first-order chi connectivity index (χ1) is 15.3. The van der Waals surface area contributed by atoms with E-state index in [0.717, 1.165) is 6.07 Å². The summed E-state index contributed by atoms with van der Waals surface area (Å²) in [5.74, 6) is -2.41. The number of nitrogens with zero attached hydrogens (tertiary/aromatic N) is 1. The Bertz CT molecular complexity index is 1150. The summed E-state index contributed by atoms with van der Waals surface area (Å²) in [7, 11) is 0. The Hall–Kier alpha value is -4.08. The quantitative estimate of drug-likeness (QED) is 0.463. The molecule has 8 nitrogen and oxygen atoms in total. The molecule has 0 unspecified atom stereocenters. The summed E-state index contributed by atoms with van der Waals surface area (Å²) in [4.78, 5) is 35.9. The Kier molecular flexibility index (Phi) is 7.27. The van der Waals surface area contributed by atoms with Crippen molar-refractivity contribution in [1.29, 1.82) is 0 Å². The van der Waals surface area contributed by atoms with Gasteiger partial charge in [-0.25, -0.2) is 8.78 Å². The summed E-state index contributed by atoms with van der Waals surface area (Å²) < 4.78 is 32.3. The predicted molar refractivity (Wildman–Crippen MR) is 111 cm³/mol. The Morgan fingerprint density at radius 3 is 2.38 bits per heavy atom. The molecule has 0 aliphatic rings. The molecule has 166 valence electrons. The van der Waals surface area contributed by atoms with Gasteiger partial charge in [0.05, 0.1) is 12.1 Å². The fraction of sp³-hybridized carbons (Fsp3) is 0.182. The number of hydrogen-bond acceptors (Lipinski definition) is 5. The van der Waals surface area contributed by atoms with Crippen molar-refractivity contribution in [2.24, 2.45) is 0 Å². The van der Waals surface area contributed by atoms with E-state index in [1.54, 1.807) is 13.0 Å². The van der Waals surface area contributed by atoms with E-state index in [0.29, 0.717) is 16.9 Å². The summed E-state index contributed by atoms with van der Waals surface area (Å²) >= 11 is 0. The van der Waals surface area contributed by atoms with Crippen molar-refractivity contribution in [1.82, 2.24) is 21.1 Å². The van der Waals surface area contributed by atoms with Crippen LogP contribution in [0.1, 0.15) is 26.6 Å². The van der Waals surface area contributed by atoms with Gasteiger partial charge in [-0.05, 0) is 42.3 Å². The second kappa shape index (κ2) is 10.3. The summed E-state index contributed by atoms with van der Waals surface area (Å²) in [5, 5.41) is 10.9. The van der Waals surface area contributed by atoms with Crippen LogP contribution in [0.25, 0.3) is 11.1 Å².